The number of nitrogen functional groups attached to an aromatic ring is 1. The lowest BCUT2D eigenvalue weighted by atomic mass is 10.2. The van der Waals surface area contributed by atoms with Crippen LogP contribution in [0.4, 0.5) is 5.82 Å². The Morgan fingerprint density at radius 1 is 1.50 bits per heavy atom. The molecule has 0 amide bonds. The minimum atomic E-state index is 0.327. The molecule has 2 N–H and O–H groups in total. The Bertz CT molecular complexity index is 764. The molecule has 0 unspecified atom stereocenters. The third kappa shape index (κ3) is 1.38. The van der Waals surface area contributed by atoms with Crippen LogP contribution in [-0.2, 0) is 0 Å². The van der Waals surface area contributed by atoms with Gasteiger partial charge in [0.05, 0.1) is 17.5 Å². The number of hydrogen-bond donors (Lipinski definition) is 1. The molecule has 6 heteroatoms. The fourth-order valence-corrected chi connectivity index (χ4v) is 2.72. The van der Waals surface area contributed by atoms with Crippen molar-refractivity contribution >= 4 is 22.8 Å². The van der Waals surface area contributed by atoms with E-state index in [1.807, 2.05) is 30.5 Å². The van der Waals surface area contributed by atoms with Crippen molar-refractivity contribution in [3.63, 3.8) is 0 Å². The second-order valence-corrected chi connectivity index (χ2v) is 4.79. The fraction of sp³-hybridized carbons (Fsp3) is 0.0833. The molecule has 18 heavy (non-hydrogen) atoms. The van der Waals surface area contributed by atoms with E-state index in [0.29, 0.717) is 17.0 Å². The van der Waals surface area contributed by atoms with Crippen molar-refractivity contribution in [2.45, 2.75) is 6.92 Å². The Kier molecular flexibility index (Phi) is 2.28. The van der Waals surface area contributed by atoms with Gasteiger partial charge in [-0.3, -0.25) is 0 Å². The molecule has 3 heterocycles. The van der Waals surface area contributed by atoms with Gasteiger partial charge in [0.15, 0.2) is 5.65 Å². The number of nitrogens with two attached hydrogens (primary N) is 1. The number of thiophene rings is 1. The molecule has 0 spiro atoms. The molecule has 5 nitrogen and oxygen atoms in total. The van der Waals surface area contributed by atoms with Gasteiger partial charge < -0.3 is 5.73 Å². The van der Waals surface area contributed by atoms with E-state index in [2.05, 4.69) is 10.1 Å². The molecule has 3 aromatic rings. The highest BCUT2D eigenvalue weighted by atomic mass is 32.1. The fourth-order valence-electron chi connectivity index (χ4n) is 1.90. The first-order valence-corrected chi connectivity index (χ1v) is 6.18. The second kappa shape index (κ2) is 3.82. The van der Waals surface area contributed by atoms with Crippen molar-refractivity contribution < 1.29 is 0 Å². The average Bonchev–Trinajstić information content (AvgIpc) is 2.96. The van der Waals surface area contributed by atoms with Gasteiger partial charge in [-0.15, -0.1) is 11.3 Å². The summed E-state index contributed by atoms with van der Waals surface area (Å²) in [6.07, 6.45) is 1.49. The van der Waals surface area contributed by atoms with E-state index >= 15 is 0 Å². The van der Waals surface area contributed by atoms with Gasteiger partial charge in [0.2, 0.25) is 0 Å². The third-order valence-corrected chi connectivity index (χ3v) is 3.63. The molecule has 0 atom stereocenters. The van der Waals surface area contributed by atoms with E-state index in [1.54, 1.807) is 11.3 Å². The monoisotopic (exact) mass is 255 g/mol. The van der Waals surface area contributed by atoms with E-state index < -0.39 is 0 Å². The molecule has 0 radical (unpaired) electrons. The summed E-state index contributed by atoms with van der Waals surface area (Å²) >= 11 is 1.63. The van der Waals surface area contributed by atoms with Crippen molar-refractivity contribution in [2.75, 3.05) is 5.73 Å². The number of nitriles is 1. The molecule has 0 saturated heterocycles. The Morgan fingerprint density at radius 3 is 3.00 bits per heavy atom. The molecule has 3 aromatic heterocycles. The van der Waals surface area contributed by atoms with Crippen LogP contribution in [-0.4, -0.2) is 14.6 Å². The van der Waals surface area contributed by atoms with E-state index in [-0.39, 0.29) is 0 Å². The highest BCUT2D eigenvalue weighted by Gasteiger charge is 2.16. The standard InChI is InChI=1S/C12H9N5S/c1-7-10(9-3-2-4-18-9)12-15-6-8(5-13)11(14)17(12)16-7/h2-4,6H,14H2,1H3. The highest BCUT2D eigenvalue weighted by molar-refractivity contribution is 7.13. The molecular formula is C12H9N5S. The summed E-state index contributed by atoms with van der Waals surface area (Å²) in [5.74, 6) is 0.327. The van der Waals surface area contributed by atoms with Gasteiger partial charge in [0.25, 0.3) is 0 Å². The average molecular weight is 255 g/mol. The summed E-state index contributed by atoms with van der Waals surface area (Å²) in [4.78, 5) is 5.39. The highest BCUT2D eigenvalue weighted by Crippen LogP contribution is 2.31. The molecule has 0 bridgehead atoms. The molecule has 3 rings (SSSR count). The molecule has 88 valence electrons. The van der Waals surface area contributed by atoms with Crippen molar-refractivity contribution in [1.29, 1.82) is 5.26 Å². The third-order valence-electron chi connectivity index (χ3n) is 2.74. The minimum absolute atomic E-state index is 0.327. The predicted octanol–water partition coefficient (Wildman–Crippen LogP) is 2.22. The Hall–Kier alpha value is -2.39. The van der Waals surface area contributed by atoms with Gasteiger partial charge >= 0.3 is 0 Å². The molecule has 0 aromatic carbocycles. The van der Waals surface area contributed by atoms with Crippen LogP contribution >= 0.6 is 11.3 Å². The quantitative estimate of drug-likeness (QED) is 0.723. The van der Waals surface area contributed by atoms with E-state index in [9.17, 15) is 0 Å². The lowest BCUT2D eigenvalue weighted by Crippen LogP contribution is -2.03. The van der Waals surface area contributed by atoms with Crippen molar-refractivity contribution in [3.05, 3.63) is 35.0 Å². The minimum Gasteiger partial charge on any atom is -0.382 e. The number of anilines is 1. The second-order valence-electron chi connectivity index (χ2n) is 3.84. The summed E-state index contributed by atoms with van der Waals surface area (Å²) in [6, 6.07) is 6.01. The molecule has 0 aliphatic carbocycles. The summed E-state index contributed by atoms with van der Waals surface area (Å²) in [5, 5.41) is 15.3. The van der Waals surface area contributed by atoms with Gasteiger partial charge in [-0.2, -0.15) is 14.9 Å². The Labute approximate surface area is 107 Å². The molecule has 0 aliphatic heterocycles. The number of hydrogen-bond acceptors (Lipinski definition) is 5. The summed E-state index contributed by atoms with van der Waals surface area (Å²) in [6.45, 7) is 1.91. The topological polar surface area (TPSA) is 80.0 Å². The largest absolute Gasteiger partial charge is 0.382 e. The summed E-state index contributed by atoms with van der Waals surface area (Å²) in [5.41, 5.74) is 8.76. The van der Waals surface area contributed by atoms with Crippen molar-refractivity contribution in [2.24, 2.45) is 0 Å². The van der Waals surface area contributed by atoms with E-state index in [4.69, 9.17) is 11.0 Å². The zero-order valence-corrected chi connectivity index (χ0v) is 10.4. The predicted molar refractivity (Wildman–Crippen MR) is 70.2 cm³/mol. The molecule has 0 aliphatic rings. The maximum atomic E-state index is 8.93. The van der Waals surface area contributed by atoms with Crippen LogP contribution in [0.25, 0.3) is 16.1 Å². The number of aromatic nitrogens is 3. The van der Waals surface area contributed by atoms with Crippen LogP contribution in [0.2, 0.25) is 0 Å². The maximum absolute atomic E-state index is 8.93. The lowest BCUT2D eigenvalue weighted by molar-refractivity contribution is 0.925. The summed E-state index contributed by atoms with van der Waals surface area (Å²) < 4.78 is 1.53. The number of fused-ring (bicyclic) bond motifs is 1. The summed E-state index contributed by atoms with van der Waals surface area (Å²) in [7, 11) is 0. The first-order valence-electron chi connectivity index (χ1n) is 5.30. The molecule has 0 saturated carbocycles. The van der Waals surface area contributed by atoms with Gasteiger partial charge in [0, 0.05) is 4.88 Å². The number of rotatable bonds is 1. The van der Waals surface area contributed by atoms with Crippen molar-refractivity contribution in [1.82, 2.24) is 14.6 Å². The first-order chi connectivity index (χ1) is 8.72. The van der Waals surface area contributed by atoms with Crippen LogP contribution in [0.15, 0.2) is 23.7 Å². The van der Waals surface area contributed by atoms with E-state index in [1.165, 1.54) is 10.7 Å². The Balaban J connectivity index is 2.39. The molecule has 0 fully saturated rings. The zero-order valence-electron chi connectivity index (χ0n) is 9.58. The zero-order chi connectivity index (χ0) is 12.7. The normalized spacial score (nSPS) is 10.7. The van der Waals surface area contributed by atoms with Gasteiger partial charge in [-0.1, -0.05) is 6.07 Å². The SMILES string of the molecule is Cc1nn2c(N)c(C#N)cnc2c1-c1cccs1. The van der Waals surface area contributed by atoms with Crippen LogP contribution in [0.3, 0.4) is 0 Å². The van der Waals surface area contributed by atoms with Crippen LogP contribution in [0.1, 0.15) is 11.3 Å². The Morgan fingerprint density at radius 2 is 2.33 bits per heavy atom. The smallest absolute Gasteiger partial charge is 0.166 e. The maximum Gasteiger partial charge on any atom is 0.166 e. The molecular weight excluding hydrogens is 246 g/mol. The van der Waals surface area contributed by atoms with Gasteiger partial charge in [-0.25, -0.2) is 4.98 Å². The van der Waals surface area contributed by atoms with Gasteiger partial charge in [0.1, 0.15) is 17.5 Å². The number of nitrogens with zero attached hydrogens (tertiary/aromatic N) is 4. The van der Waals surface area contributed by atoms with Crippen LogP contribution < -0.4 is 5.73 Å². The van der Waals surface area contributed by atoms with Gasteiger partial charge in [-0.05, 0) is 18.4 Å². The number of aryl methyl sites for hydroxylation is 1. The van der Waals surface area contributed by atoms with Crippen LogP contribution in [0, 0.1) is 18.3 Å². The van der Waals surface area contributed by atoms with Crippen molar-refractivity contribution in [3.8, 4) is 16.5 Å². The van der Waals surface area contributed by atoms with Crippen LogP contribution in [0.5, 0.6) is 0 Å². The first kappa shape index (κ1) is 10.7. The van der Waals surface area contributed by atoms with E-state index in [0.717, 1.165) is 16.1 Å². The lowest BCUT2D eigenvalue weighted by Gasteiger charge is -2.00.